The second kappa shape index (κ2) is 6.48. The molecule has 0 aliphatic carbocycles. The number of carbonyl (C=O) groups excluding carboxylic acids is 1. The monoisotopic (exact) mass is 329 g/mol. The first kappa shape index (κ1) is 14.5. The SMILES string of the molecule is CCC1OCCC1CNC(=O)c1cc(Br)ccc1F. The Hall–Kier alpha value is -0.940. The van der Waals surface area contributed by atoms with E-state index in [4.69, 9.17) is 4.74 Å². The Labute approximate surface area is 120 Å². The zero-order chi connectivity index (χ0) is 13.8. The maximum atomic E-state index is 13.6. The van der Waals surface area contributed by atoms with E-state index in [2.05, 4.69) is 28.2 Å². The van der Waals surface area contributed by atoms with Crippen LogP contribution in [0.1, 0.15) is 30.1 Å². The van der Waals surface area contributed by atoms with Crippen molar-refractivity contribution in [2.75, 3.05) is 13.2 Å². The second-order valence-electron chi connectivity index (χ2n) is 4.70. The van der Waals surface area contributed by atoms with Gasteiger partial charge >= 0.3 is 0 Å². The van der Waals surface area contributed by atoms with Crippen molar-refractivity contribution in [1.29, 1.82) is 0 Å². The lowest BCUT2D eigenvalue weighted by molar-refractivity contribution is 0.0825. The Morgan fingerprint density at radius 3 is 3.11 bits per heavy atom. The number of ether oxygens (including phenoxy) is 1. The summed E-state index contributed by atoms with van der Waals surface area (Å²) in [6.07, 6.45) is 2.08. The highest BCUT2D eigenvalue weighted by Gasteiger charge is 2.27. The van der Waals surface area contributed by atoms with Crippen LogP contribution in [-0.2, 0) is 4.74 Å². The van der Waals surface area contributed by atoms with Crippen molar-refractivity contribution in [2.45, 2.75) is 25.9 Å². The number of halogens is 2. The van der Waals surface area contributed by atoms with Gasteiger partial charge in [0.1, 0.15) is 5.82 Å². The van der Waals surface area contributed by atoms with Gasteiger partial charge in [0.15, 0.2) is 0 Å². The van der Waals surface area contributed by atoms with Crippen molar-refractivity contribution >= 4 is 21.8 Å². The molecule has 5 heteroatoms. The number of nitrogens with one attached hydrogen (secondary N) is 1. The molecule has 0 aromatic heterocycles. The van der Waals surface area contributed by atoms with Gasteiger partial charge in [0.25, 0.3) is 5.91 Å². The van der Waals surface area contributed by atoms with Gasteiger partial charge in [0.05, 0.1) is 11.7 Å². The zero-order valence-corrected chi connectivity index (χ0v) is 12.4. The van der Waals surface area contributed by atoms with Crippen LogP contribution in [-0.4, -0.2) is 25.2 Å². The number of amides is 1. The molecule has 2 atom stereocenters. The summed E-state index contributed by atoms with van der Waals surface area (Å²) >= 11 is 3.24. The van der Waals surface area contributed by atoms with Gasteiger partial charge in [0.2, 0.25) is 0 Å². The topological polar surface area (TPSA) is 38.3 Å². The van der Waals surface area contributed by atoms with Crippen molar-refractivity contribution in [3.8, 4) is 0 Å². The molecule has 0 bridgehead atoms. The molecule has 0 saturated carbocycles. The number of hydrogen-bond donors (Lipinski definition) is 1. The zero-order valence-electron chi connectivity index (χ0n) is 10.8. The van der Waals surface area contributed by atoms with Gasteiger partial charge in [-0.05, 0) is 31.0 Å². The van der Waals surface area contributed by atoms with E-state index in [1.54, 1.807) is 6.07 Å². The van der Waals surface area contributed by atoms with Crippen LogP contribution < -0.4 is 5.32 Å². The highest BCUT2D eigenvalue weighted by Crippen LogP contribution is 2.23. The number of rotatable bonds is 4. The van der Waals surface area contributed by atoms with E-state index in [1.165, 1.54) is 12.1 Å². The van der Waals surface area contributed by atoms with Crippen LogP contribution in [0.15, 0.2) is 22.7 Å². The number of benzene rings is 1. The largest absolute Gasteiger partial charge is 0.378 e. The average Bonchev–Trinajstić information content (AvgIpc) is 2.86. The van der Waals surface area contributed by atoms with E-state index in [-0.39, 0.29) is 17.6 Å². The molecule has 1 aliphatic heterocycles. The fourth-order valence-corrected chi connectivity index (χ4v) is 2.73. The fourth-order valence-electron chi connectivity index (χ4n) is 2.37. The van der Waals surface area contributed by atoms with Gasteiger partial charge in [0, 0.05) is 23.5 Å². The minimum atomic E-state index is -0.504. The molecule has 19 heavy (non-hydrogen) atoms. The second-order valence-corrected chi connectivity index (χ2v) is 5.62. The molecule has 1 N–H and O–H groups in total. The van der Waals surface area contributed by atoms with E-state index in [0.717, 1.165) is 19.4 Å². The first-order valence-electron chi connectivity index (χ1n) is 6.46. The Morgan fingerprint density at radius 1 is 1.58 bits per heavy atom. The molecule has 1 aromatic carbocycles. The predicted molar refractivity (Wildman–Crippen MR) is 74.6 cm³/mol. The lowest BCUT2D eigenvalue weighted by Gasteiger charge is -2.17. The molecule has 2 rings (SSSR count). The Bertz CT molecular complexity index is 467. The quantitative estimate of drug-likeness (QED) is 0.921. The Kier molecular flexibility index (Phi) is 4.93. The van der Waals surface area contributed by atoms with Crippen LogP contribution >= 0.6 is 15.9 Å². The summed E-state index contributed by atoms with van der Waals surface area (Å²) in [5.41, 5.74) is 0.0707. The van der Waals surface area contributed by atoms with Crippen molar-refractivity contribution in [3.05, 3.63) is 34.1 Å². The minimum absolute atomic E-state index is 0.0707. The van der Waals surface area contributed by atoms with E-state index in [9.17, 15) is 9.18 Å². The Morgan fingerprint density at radius 2 is 2.37 bits per heavy atom. The molecule has 1 fully saturated rings. The highest BCUT2D eigenvalue weighted by atomic mass is 79.9. The lowest BCUT2D eigenvalue weighted by atomic mass is 9.99. The molecule has 1 aliphatic rings. The van der Waals surface area contributed by atoms with Crippen LogP contribution in [0.2, 0.25) is 0 Å². The lowest BCUT2D eigenvalue weighted by Crippen LogP contribution is -2.33. The molecule has 2 unspecified atom stereocenters. The van der Waals surface area contributed by atoms with E-state index in [0.29, 0.717) is 16.9 Å². The van der Waals surface area contributed by atoms with Gasteiger partial charge in [-0.15, -0.1) is 0 Å². The third-order valence-corrected chi connectivity index (χ3v) is 3.94. The molecular formula is C14H17BrFNO2. The molecule has 0 radical (unpaired) electrons. The van der Waals surface area contributed by atoms with Crippen LogP contribution in [0.5, 0.6) is 0 Å². The average molecular weight is 330 g/mol. The van der Waals surface area contributed by atoms with Crippen LogP contribution in [0.3, 0.4) is 0 Å². The number of carbonyl (C=O) groups is 1. The van der Waals surface area contributed by atoms with Crippen molar-refractivity contribution in [3.63, 3.8) is 0 Å². The van der Waals surface area contributed by atoms with Gasteiger partial charge < -0.3 is 10.1 Å². The van der Waals surface area contributed by atoms with Crippen molar-refractivity contribution in [2.24, 2.45) is 5.92 Å². The summed E-state index contributed by atoms with van der Waals surface area (Å²) in [6, 6.07) is 4.35. The third-order valence-electron chi connectivity index (χ3n) is 3.45. The summed E-state index contributed by atoms with van der Waals surface area (Å²) in [4.78, 5) is 12.0. The number of hydrogen-bond acceptors (Lipinski definition) is 2. The summed E-state index contributed by atoms with van der Waals surface area (Å²) in [5, 5.41) is 2.79. The standard InChI is InChI=1S/C14H17BrFNO2/c1-2-13-9(5-6-19-13)8-17-14(18)11-7-10(15)3-4-12(11)16/h3-4,7,9,13H,2,5-6,8H2,1H3,(H,17,18). The summed E-state index contributed by atoms with van der Waals surface area (Å²) in [7, 11) is 0. The van der Waals surface area contributed by atoms with Crippen LogP contribution in [0.25, 0.3) is 0 Å². The van der Waals surface area contributed by atoms with Gasteiger partial charge in [-0.25, -0.2) is 4.39 Å². The summed E-state index contributed by atoms with van der Waals surface area (Å²) < 4.78 is 19.8. The normalized spacial score (nSPS) is 22.5. The maximum absolute atomic E-state index is 13.6. The predicted octanol–water partition coefficient (Wildman–Crippen LogP) is 3.13. The maximum Gasteiger partial charge on any atom is 0.254 e. The van der Waals surface area contributed by atoms with Crippen molar-refractivity contribution < 1.29 is 13.9 Å². The smallest absolute Gasteiger partial charge is 0.254 e. The highest BCUT2D eigenvalue weighted by molar-refractivity contribution is 9.10. The van der Waals surface area contributed by atoms with Crippen LogP contribution in [0, 0.1) is 11.7 Å². The summed E-state index contributed by atoms with van der Waals surface area (Å²) in [6.45, 7) is 3.34. The molecule has 1 heterocycles. The first-order chi connectivity index (χ1) is 9.11. The van der Waals surface area contributed by atoms with Gasteiger partial charge in [-0.1, -0.05) is 22.9 Å². The van der Waals surface area contributed by atoms with E-state index < -0.39 is 5.82 Å². The molecule has 1 saturated heterocycles. The van der Waals surface area contributed by atoms with Gasteiger partial charge in [-0.2, -0.15) is 0 Å². The molecule has 1 amide bonds. The molecule has 1 aromatic rings. The summed E-state index contributed by atoms with van der Waals surface area (Å²) in [5.74, 6) is -0.555. The van der Waals surface area contributed by atoms with Crippen LogP contribution in [0.4, 0.5) is 4.39 Å². The Balaban J connectivity index is 1.96. The van der Waals surface area contributed by atoms with E-state index >= 15 is 0 Å². The van der Waals surface area contributed by atoms with E-state index in [1.807, 2.05) is 0 Å². The molecule has 104 valence electrons. The minimum Gasteiger partial charge on any atom is -0.378 e. The fraction of sp³-hybridized carbons (Fsp3) is 0.500. The molecular weight excluding hydrogens is 313 g/mol. The van der Waals surface area contributed by atoms with Crippen molar-refractivity contribution in [1.82, 2.24) is 5.32 Å². The third kappa shape index (κ3) is 3.54. The van der Waals surface area contributed by atoms with Gasteiger partial charge in [-0.3, -0.25) is 4.79 Å². The molecule has 3 nitrogen and oxygen atoms in total. The first-order valence-corrected chi connectivity index (χ1v) is 7.26. The molecule has 0 spiro atoms.